The number of nitrogens with zero attached hydrogens (tertiary/aromatic N) is 1. The molecule has 1 unspecified atom stereocenters. The van der Waals surface area contributed by atoms with Gasteiger partial charge in [0.2, 0.25) is 0 Å². The second-order valence-electron chi connectivity index (χ2n) is 3.70. The molecule has 0 saturated carbocycles. The average molecular weight is 225 g/mol. The van der Waals surface area contributed by atoms with Gasteiger partial charge < -0.3 is 14.7 Å². The molecule has 0 aliphatic carbocycles. The average Bonchev–Trinajstić information content (AvgIpc) is 2.71. The highest BCUT2D eigenvalue weighted by molar-refractivity contribution is 5.79. The van der Waals surface area contributed by atoms with Crippen molar-refractivity contribution < 1.29 is 19.4 Å². The Morgan fingerprint density at radius 1 is 1.50 bits per heavy atom. The van der Waals surface area contributed by atoms with E-state index in [1.807, 2.05) is 0 Å². The molecule has 0 aromatic heterocycles. The number of carboxylic acid groups (broad SMARTS) is 1. The van der Waals surface area contributed by atoms with Gasteiger partial charge in [-0.05, 0) is 6.42 Å². The first-order valence-corrected chi connectivity index (χ1v) is 4.95. The standard InChI is InChI=1S/C11H15NO4/c1-3-7-16-10(15)12-6-5-11(4-2,8-12)9(13)14/h3-4H,1-2,5-8H2,(H,13,14). The zero-order valence-corrected chi connectivity index (χ0v) is 9.02. The van der Waals surface area contributed by atoms with Gasteiger partial charge in [0.1, 0.15) is 12.0 Å². The molecule has 0 spiro atoms. The number of amides is 1. The third kappa shape index (κ3) is 2.24. The van der Waals surface area contributed by atoms with Crippen LogP contribution in [0, 0.1) is 5.41 Å². The molecule has 1 atom stereocenters. The molecule has 16 heavy (non-hydrogen) atoms. The minimum absolute atomic E-state index is 0.113. The van der Waals surface area contributed by atoms with E-state index in [9.17, 15) is 9.59 Å². The fourth-order valence-electron chi connectivity index (χ4n) is 1.64. The lowest BCUT2D eigenvalue weighted by atomic mass is 9.88. The summed E-state index contributed by atoms with van der Waals surface area (Å²) in [6, 6.07) is 0. The van der Waals surface area contributed by atoms with E-state index in [0.717, 1.165) is 0 Å². The van der Waals surface area contributed by atoms with Crippen molar-refractivity contribution in [2.45, 2.75) is 6.42 Å². The SMILES string of the molecule is C=CCOC(=O)N1CCC(C=C)(C(=O)O)C1. The second-order valence-corrected chi connectivity index (χ2v) is 3.70. The monoisotopic (exact) mass is 225 g/mol. The summed E-state index contributed by atoms with van der Waals surface area (Å²) in [6.07, 6.45) is 2.71. The maximum absolute atomic E-state index is 11.5. The predicted octanol–water partition coefficient (Wildman–Crippen LogP) is 1.27. The maximum Gasteiger partial charge on any atom is 0.410 e. The van der Waals surface area contributed by atoms with Crippen molar-refractivity contribution in [2.75, 3.05) is 19.7 Å². The summed E-state index contributed by atoms with van der Waals surface area (Å²) in [5.41, 5.74) is -1.03. The quantitative estimate of drug-likeness (QED) is 0.732. The molecule has 1 saturated heterocycles. The van der Waals surface area contributed by atoms with Gasteiger partial charge in [0, 0.05) is 13.1 Å². The Morgan fingerprint density at radius 2 is 2.19 bits per heavy atom. The van der Waals surface area contributed by atoms with E-state index in [-0.39, 0.29) is 13.2 Å². The van der Waals surface area contributed by atoms with Crippen molar-refractivity contribution >= 4 is 12.1 Å². The topological polar surface area (TPSA) is 66.8 Å². The number of carbonyl (C=O) groups is 2. The summed E-state index contributed by atoms with van der Waals surface area (Å²) in [5.74, 6) is -0.957. The van der Waals surface area contributed by atoms with Crippen LogP contribution in [0.3, 0.4) is 0 Å². The van der Waals surface area contributed by atoms with Gasteiger partial charge in [0.15, 0.2) is 0 Å². The molecule has 0 bridgehead atoms. The van der Waals surface area contributed by atoms with E-state index in [2.05, 4.69) is 13.2 Å². The first-order valence-electron chi connectivity index (χ1n) is 4.95. The molecule has 5 heteroatoms. The van der Waals surface area contributed by atoms with Crippen LogP contribution in [0.1, 0.15) is 6.42 Å². The fraction of sp³-hybridized carbons (Fsp3) is 0.455. The lowest BCUT2D eigenvalue weighted by molar-refractivity contribution is -0.145. The molecule has 1 heterocycles. The summed E-state index contributed by atoms with van der Waals surface area (Å²) in [7, 11) is 0. The molecule has 0 aromatic carbocycles. The molecule has 1 aliphatic heterocycles. The smallest absolute Gasteiger partial charge is 0.410 e. The summed E-state index contributed by atoms with van der Waals surface area (Å²) in [5, 5.41) is 9.07. The molecule has 1 rings (SSSR count). The van der Waals surface area contributed by atoms with Gasteiger partial charge >= 0.3 is 12.1 Å². The normalized spacial score (nSPS) is 23.9. The molecule has 0 aromatic rings. The molecular weight excluding hydrogens is 210 g/mol. The van der Waals surface area contributed by atoms with E-state index in [1.54, 1.807) is 0 Å². The number of hydrogen-bond donors (Lipinski definition) is 1. The van der Waals surface area contributed by atoms with Gasteiger partial charge in [-0.25, -0.2) is 4.79 Å². The molecule has 5 nitrogen and oxygen atoms in total. The van der Waals surface area contributed by atoms with Crippen LogP contribution in [0.25, 0.3) is 0 Å². The number of carbonyl (C=O) groups excluding carboxylic acids is 1. The Balaban J connectivity index is 2.63. The molecule has 1 fully saturated rings. The third-order valence-corrected chi connectivity index (χ3v) is 2.70. The number of rotatable bonds is 4. The highest BCUT2D eigenvalue weighted by atomic mass is 16.6. The van der Waals surface area contributed by atoms with Gasteiger partial charge in [-0.1, -0.05) is 18.7 Å². The summed E-state index contributed by atoms with van der Waals surface area (Å²) < 4.78 is 4.83. The van der Waals surface area contributed by atoms with Crippen molar-refractivity contribution in [1.29, 1.82) is 0 Å². The van der Waals surface area contributed by atoms with Crippen LogP contribution in [0.2, 0.25) is 0 Å². The fourth-order valence-corrected chi connectivity index (χ4v) is 1.64. The van der Waals surface area contributed by atoms with Crippen LogP contribution in [0.15, 0.2) is 25.3 Å². The molecule has 1 N–H and O–H groups in total. The van der Waals surface area contributed by atoms with Crippen molar-refractivity contribution in [1.82, 2.24) is 4.90 Å². The van der Waals surface area contributed by atoms with Crippen LogP contribution >= 0.6 is 0 Å². The van der Waals surface area contributed by atoms with Crippen LogP contribution in [0.5, 0.6) is 0 Å². The number of hydrogen-bond acceptors (Lipinski definition) is 3. The molecular formula is C11H15NO4. The summed E-state index contributed by atoms with van der Waals surface area (Å²) in [4.78, 5) is 23.9. The zero-order chi connectivity index (χ0) is 12.2. The van der Waals surface area contributed by atoms with Crippen LogP contribution in [-0.2, 0) is 9.53 Å². The van der Waals surface area contributed by atoms with Crippen molar-refractivity contribution in [3.05, 3.63) is 25.3 Å². The van der Waals surface area contributed by atoms with Crippen molar-refractivity contribution in [3.63, 3.8) is 0 Å². The summed E-state index contributed by atoms with van der Waals surface area (Å²) in [6.45, 7) is 7.55. The summed E-state index contributed by atoms with van der Waals surface area (Å²) >= 11 is 0. The van der Waals surface area contributed by atoms with Gasteiger partial charge in [-0.15, -0.1) is 6.58 Å². The van der Waals surface area contributed by atoms with Crippen LogP contribution < -0.4 is 0 Å². The Kier molecular flexibility index (Phi) is 3.71. The Morgan fingerprint density at radius 3 is 2.62 bits per heavy atom. The van der Waals surface area contributed by atoms with E-state index in [1.165, 1.54) is 17.1 Å². The minimum Gasteiger partial charge on any atom is -0.481 e. The van der Waals surface area contributed by atoms with Gasteiger partial charge in [-0.2, -0.15) is 0 Å². The van der Waals surface area contributed by atoms with E-state index in [0.29, 0.717) is 13.0 Å². The third-order valence-electron chi connectivity index (χ3n) is 2.70. The Bertz CT molecular complexity index is 326. The lowest BCUT2D eigenvalue weighted by Gasteiger charge is -2.20. The zero-order valence-electron chi connectivity index (χ0n) is 9.02. The van der Waals surface area contributed by atoms with Gasteiger partial charge in [0.05, 0.1) is 0 Å². The van der Waals surface area contributed by atoms with E-state index >= 15 is 0 Å². The predicted molar refractivity (Wildman–Crippen MR) is 58.0 cm³/mol. The lowest BCUT2D eigenvalue weighted by Crippen LogP contribution is -2.35. The first kappa shape index (κ1) is 12.3. The van der Waals surface area contributed by atoms with E-state index in [4.69, 9.17) is 9.84 Å². The van der Waals surface area contributed by atoms with Gasteiger partial charge in [-0.3, -0.25) is 4.79 Å². The molecule has 1 aliphatic rings. The highest BCUT2D eigenvalue weighted by Crippen LogP contribution is 2.32. The van der Waals surface area contributed by atoms with Crippen LogP contribution in [-0.4, -0.2) is 41.8 Å². The highest BCUT2D eigenvalue weighted by Gasteiger charge is 2.44. The Hall–Kier alpha value is -1.78. The largest absolute Gasteiger partial charge is 0.481 e. The van der Waals surface area contributed by atoms with Crippen molar-refractivity contribution in [3.8, 4) is 0 Å². The second kappa shape index (κ2) is 4.83. The van der Waals surface area contributed by atoms with Crippen molar-refractivity contribution in [2.24, 2.45) is 5.41 Å². The molecule has 88 valence electrons. The molecule has 0 radical (unpaired) electrons. The maximum atomic E-state index is 11.5. The first-order chi connectivity index (χ1) is 7.55. The minimum atomic E-state index is -1.03. The number of aliphatic carboxylic acids is 1. The van der Waals surface area contributed by atoms with Crippen LogP contribution in [0.4, 0.5) is 4.79 Å². The number of ether oxygens (including phenoxy) is 1. The number of likely N-dealkylation sites (tertiary alicyclic amines) is 1. The van der Waals surface area contributed by atoms with E-state index < -0.39 is 17.5 Å². The molecule has 1 amide bonds. The Labute approximate surface area is 94.0 Å². The van der Waals surface area contributed by atoms with Gasteiger partial charge in [0.25, 0.3) is 0 Å². The number of carboxylic acids is 1.